The average Bonchev–Trinajstić information content (AvgIpc) is 2.79. The molecule has 0 radical (unpaired) electrons. The molecule has 5 nitrogen and oxygen atoms in total. The molecular formula is C25H17ClN4OS. The number of rotatable bonds is 3. The fraction of sp³-hybridized carbons (Fsp3) is 0.0800. The minimum atomic E-state index is 0.165. The maximum absolute atomic E-state index is 6.72. The van der Waals surface area contributed by atoms with Gasteiger partial charge >= 0.3 is 0 Å². The number of aromatic nitrogens is 3. The van der Waals surface area contributed by atoms with E-state index in [0.29, 0.717) is 29.2 Å². The second-order valence-electron chi connectivity index (χ2n) is 7.64. The van der Waals surface area contributed by atoms with Crippen LogP contribution >= 0.6 is 23.4 Å². The van der Waals surface area contributed by atoms with Crippen molar-refractivity contribution in [1.82, 2.24) is 15.0 Å². The summed E-state index contributed by atoms with van der Waals surface area (Å²) in [5, 5.41) is 5.60. The molecule has 4 aromatic carbocycles. The van der Waals surface area contributed by atoms with Crippen molar-refractivity contribution in [3.05, 3.63) is 82.9 Å². The summed E-state index contributed by atoms with van der Waals surface area (Å²) in [6.45, 7) is 1.11. The average molecular weight is 457 g/mol. The van der Waals surface area contributed by atoms with Crippen LogP contribution in [0.3, 0.4) is 0 Å². The van der Waals surface area contributed by atoms with Crippen LogP contribution in [0.4, 0.5) is 5.95 Å². The van der Waals surface area contributed by atoms with Gasteiger partial charge in [-0.15, -0.1) is 0 Å². The number of fused-ring (bicyclic) bond motifs is 1. The van der Waals surface area contributed by atoms with Crippen molar-refractivity contribution in [3.8, 4) is 11.4 Å². The molecule has 0 spiro atoms. The first-order valence-electron chi connectivity index (χ1n) is 10.1. The van der Waals surface area contributed by atoms with Gasteiger partial charge in [-0.2, -0.15) is 9.97 Å². The lowest BCUT2D eigenvalue weighted by Gasteiger charge is -2.20. The van der Waals surface area contributed by atoms with Gasteiger partial charge in [0, 0.05) is 10.5 Å². The van der Waals surface area contributed by atoms with Crippen molar-refractivity contribution in [3.63, 3.8) is 0 Å². The van der Waals surface area contributed by atoms with Crippen molar-refractivity contribution >= 4 is 50.9 Å². The molecule has 2 heterocycles. The summed E-state index contributed by atoms with van der Waals surface area (Å²) < 4.78 is 5.70. The number of nitrogen functional groups attached to an aromatic ring is 1. The summed E-state index contributed by atoms with van der Waals surface area (Å²) in [7, 11) is 0. The van der Waals surface area contributed by atoms with Crippen molar-refractivity contribution in [2.75, 3.05) is 5.73 Å². The third-order valence-corrected chi connectivity index (χ3v) is 6.73. The zero-order valence-corrected chi connectivity index (χ0v) is 18.5. The molecule has 1 aliphatic rings. The Morgan fingerprint density at radius 2 is 1.69 bits per heavy atom. The van der Waals surface area contributed by atoms with E-state index in [-0.39, 0.29) is 5.95 Å². The first kappa shape index (κ1) is 19.5. The standard InChI is InChI=1S/C25H17ClN4OS/c26-20-11-17-13-31-12-16-6-3-7-19(21(16)17)22(20)23-28-24(27)30-25(29-23)32-18-9-8-14-4-1-2-5-15(14)10-18/h1-11H,12-13H2,(H2,27,28,29,30). The zero-order chi connectivity index (χ0) is 21.7. The number of benzene rings is 4. The third-order valence-electron chi connectivity index (χ3n) is 5.58. The van der Waals surface area contributed by atoms with E-state index in [0.717, 1.165) is 37.7 Å². The van der Waals surface area contributed by atoms with Gasteiger partial charge in [0.2, 0.25) is 5.95 Å². The minimum absolute atomic E-state index is 0.165. The summed E-state index contributed by atoms with van der Waals surface area (Å²) in [6.07, 6.45) is 0. The smallest absolute Gasteiger partial charge is 0.224 e. The zero-order valence-electron chi connectivity index (χ0n) is 16.9. The molecular weight excluding hydrogens is 440 g/mol. The first-order chi connectivity index (χ1) is 15.7. The normalized spacial score (nSPS) is 13.0. The fourth-order valence-corrected chi connectivity index (χ4v) is 5.33. The molecule has 1 aliphatic heterocycles. The molecule has 5 aromatic rings. The van der Waals surface area contributed by atoms with E-state index in [4.69, 9.17) is 27.1 Å². The highest BCUT2D eigenvalue weighted by molar-refractivity contribution is 7.99. The van der Waals surface area contributed by atoms with E-state index in [9.17, 15) is 0 Å². The molecule has 0 atom stereocenters. The minimum Gasteiger partial charge on any atom is -0.372 e. The molecule has 0 aliphatic carbocycles. The predicted octanol–water partition coefficient (Wildman–Crippen LogP) is 6.26. The van der Waals surface area contributed by atoms with Gasteiger partial charge in [0.05, 0.1) is 18.2 Å². The summed E-state index contributed by atoms with van der Waals surface area (Å²) in [5.74, 6) is 0.638. The Kier molecular flexibility index (Phi) is 4.72. The molecule has 0 saturated carbocycles. The van der Waals surface area contributed by atoms with Gasteiger partial charge in [-0.25, -0.2) is 4.98 Å². The van der Waals surface area contributed by atoms with E-state index in [1.165, 1.54) is 17.1 Å². The molecule has 0 saturated heterocycles. The van der Waals surface area contributed by atoms with Crippen molar-refractivity contribution < 1.29 is 4.74 Å². The summed E-state index contributed by atoms with van der Waals surface area (Å²) in [5.41, 5.74) is 9.07. The Morgan fingerprint density at radius 3 is 2.59 bits per heavy atom. The Labute approximate surface area is 193 Å². The highest BCUT2D eigenvalue weighted by Gasteiger charge is 2.21. The van der Waals surface area contributed by atoms with Crippen LogP contribution in [0.15, 0.2) is 76.8 Å². The van der Waals surface area contributed by atoms with Gasteiger partial charge < -0.3 is 10.5 Å². The molecule has 0 amide bonds. The topological polar surface area (TPSA) is 73.9 Å². The summed E-state index contributed by atoms with van der Waals surface area (Å²) in [4.78, 5) is 14.6. The van der Waals surface area contributed by atoms with E-state index in [1.54, 1.807) is 0 Å². The molecule has 32 heavy (non-hydrogen) atoms. The van der Waals surface area contributed by atoms with Gasteiger partial charge in [0.1, 0.15) is 0 Å². The third kappa shape index (κ3) is 3.37. The second-order valence-corrected chi connectivity index (χ2v) is 9.08. The van der Waals surface area contributed by atoms with Gasteiger partial charge in [-0.05, 0) is 62.6 Å². The number of halogens is 1. The first-order valence-corrected chi connectivity index (χ1v) is 11.3. The molecule has 0 fully saturated rings. The predicted molar refractivity (Wildman–Crippen MR) is 129 cm³/mol. The number of anilines is 1. The molecule has 0 bridgehead atoms. The molecule has 2 N–H and O–H groups in total. The number of nitrogens with two attached hydrogens (primary N) is 1. The van der Waals surface area contributed by atoms with E-state index in [2.05, 4.69) is 46.4 Å². The van der Waals surface area contributed by atoms with Crippen LogP contribution in [-0.2, 0) is 18.0 Å². The van der Waals surface area contributed by atoms with Crippen LogP contribution in [0.25, 0.3) is 32.9 Å². The molecule has 1 aromatic heterocycles. The number of nitrogens with zero attached hydrogens (tertiary/aromatic N) is 3. The van der Waals surface area contributed by atoms with Crippen LogP contribution in [0.2, 0.25) is 5.02 Å². The quantitative estimate of drug-likeness (QED) is 0.345. The summed E-state index contributed by atoms with van der Waals surface area (Å²) in [6, 6.07) is 22.6. The largest absolute Gasteiger partial charge is 0.372 e. The SMILES string of the molecule is Nc1nc(Sc2ccc3ccccc3c2)nc(-c2c(Cl)cc3c4c(cccc24)COC3)n1. The Bertz CT molecular complexity index is 1520. The van der Waals surface area contributed by atoms with Crippen LogP contribution in [0.1, 0.15) is 11.1 Å². The lowest BCUT2D eigenvalue weighted by atomic mass is 9.94. The Hall–Kier alpha value is -3.19. The highest BCUT2D eigenvalue weighted by atomic mass is 35.5. The van der Waals surface area contributed by atoms with Crippen molar-refractivity contribution in [2.24, 2.45) is 0 Å². The van der Waals surface area contributed by atoms with Crippen LogP contribution in [0, 0.1) is 0 Å². The summed E-state index contributed by atoms with van der Waals surface area (Å²) >= 11 is 8.18. The number of ether oxygens (including phenoxy) is 1. The lowest BCUT2D eigenvalue weighted by molar-refractivity contribution is 0.103. The number of hydrogen-bond donors (Lipinski definition) is 1. The van der Waals surface area contributed by atoms with Gasteiger partial charge in [0.15, 0.2) is 11.0 Å². The number of hydrogen-bond acceptors (Lipinski definition) is 6. The maximum Gasteiger partial charge on any atom is 0.224 e. The maximum atomic E-state index is 6.72. The van der Waals surface area contributed by atoms with Crippen LogP contribution < -0.4 is 5.73 Å². The lowest BCUT2D eigenvalue weighted by Crippen LogP contribution is -2.06. The fourth-order valence-electron chi connectivity index (χ4n) is 4.21. The van der Waals surface area contributed by atoms with Crippen LogP contribution in [0.5, 0.6) is 0 Å². The van der Waals surface area contributed by atoms with E-state index in [1.807, 2.05) is 30.3 Å². The van der Waals surface area contributed by atoms with Gasteiger partial charge in [-0.3, -0.25) is 0 Å². The second kappa shape index (κ2) is 7.74. The molecule has 7 heteroatoms. The molecule has 156 valence electrons. The monoisotopic (exact) mass is 456 g/mol. The molecule has 6 rings (SSSR count). The Balaban J connectivity index is 1.47. The van der Waals surface area contributed by atoms with Crippen molar-refractivity contribution in [1.29, 1.82) is 0 Å². The highest BCUT2D eigenvalue weighted by Crippen LogP contribution is 2.40. The van der Waals surface area contributed by atoms with E-state index >= 15 is 0 Å². The molecule has 0 unspecified atom stereocenters. The van der Waals surface area contributed by atoms with Crippen LogP contribution in [-0.4, -0.2) is 15.0 Å². The van der Waals surface area contributed by atoms with Gasteiger partial charge in [0.25, 0.3) is 0 Å². The van der Waals surface area contributed by atoms with E-state index < -0.39 is 0 Å². The Morgan fingerprint density at radius 1 is 0.844 bits per heavy atom. The van der Waals surface area contributed by atoms with Gasteiger partial charge in [-0.1, -0.05) is 60.1 Å². The van der Waals surface area contributed by atoms with Crippen molar-refractivity contribution in [2.45, 2.75) is 23.3 Å².